The van der Waals surface area contributed by atoms with Crippen molar-refractivity contribution in [3.8, 4) is 11.1 Å². The summed E-state index contributed by atoms with van der Waals surface area (Å²) >= 11 is 0. The average molecular weight is 372 g/mol. The van der Waals surface area contributed by atoms with Crippen LogP contribution in [0.2, 0.25) is 0 Å². The third-order valence-corrected chi connectivity index (χ3v) is 4.31. The number of hydrogen-bond donors (Lipinski definition) is 0. The standard InChI is InChI=1S/C22H16F4O/c1-2-3-13-4-6-14(7-5-13)15-8-10-16(11-9-15)22(27)19-20(25)17(23)12-18(24)21(19)26/h4-12H,2-3H2,1H3. The van der Waals surface area contributed by atoms with E-state index >= 15 is 0 Å². The molecule has 0 aliphatic carbocycles. The number of benzene rings is 3. The van der Waals surface area contributed by atoms with E-state index < -0.39 is 34.6 Å². The molecule has 0 fully saturated rings. The number of carbonyl (C=O) groups excluding carboxylic acids is 1. The zero-order valence-corrected chi connectivity index (χ0v) is 14.5. The van der Waals surface area contributed by atoms with Gasteiger partial charge in [-0.1, -0.05) is 61.9 Å². The maximum absolute atomic E-state index is 13.8. The Bertz CT molecular complexity index is 950. The summed E-state index contributed by atoms with van der Waals surface area (Å²) in [6.07, 6.45) is 2.03. The predicted octanol–water partition coefficient (Wildman–Crippen LogP) is 6.09. The van der Waals surface area contributed by atoms with Gasteiger partial charge in [0, 0.05) is 11.6 Å². The lowest BCUT2D eigenvalue weighted by molar-refractivity contribution is 0.102. The molecule has 0 spiro atoms. The van der Waals surface area contributed by atoms with Crippen LogP contribution in [0.1, 0.15) is 34.8 Å². The van der Waals surface area contributed by atoms with Gasteiger partial charge in [-0.3, -0.25) is 4.79 Å². The van der Waals surface area contributed by atoms with Gasteiger partial charge in [-0.2, -0.15) is 0 Å². The molecule has 0 bridgehead atoms. The Labute approximate surface area is 154 Å². The first-order chi connectivity index (χ1) is 12.9. The Hall–Kier alpha value is -2.95. The van der Waals surface area contributed by atoms with E-state index in [0.29, 0.717) is 0 Å². The van der Waals surface area contributed by atoms with Crippen molar-refractivity contribution in [1.82, 2.24) is 0 Å². The van der Waals surface area contributed by atoms with Crippen LogP contribution in [0, 0.1) is 23.3 Å². The molecule has 0 saturated heterocycles. The average Bonchev–Trinajstić information content (AvgIpc) is 2.67. The first kappa shape index (κ1) is 18.8. The van der Waals surface area contributed by atoms with Gasteiger partial charge in [0.05, 0.1) is 0 Å². The van der Waals surface area contributed by atoms with Gasteiger partial charge in [-0.25, -0.2) is 17.6 Å². The van der Waals surface area contributed by atoms with E-state index in [1.807, 2.05) is 24.3 Å². The minimum absolute atomic E-state index is 0.0656. The van der Waals surface area contributed by atoms with E-state index in [9.17, 15) is 22.4 Å². The van der Waals surface area contributed by atoms with Crippen LogP contribution in [-0.2, 0) is 6.42 Å². The molecular formula is C22H16F4O. The first-order valence-electron chi connectivity index (χ1n) is 8.49. The molecule has 5 heteroatoms. The number of aryl methyl sites for hydroxylation is 1. The van der Waals surface area contributed by atoms with Crippen molar-refractivity contribution in [3.63, 3.8) is 0 Å². The molecule has 0 N–H and O–H groups in total. The van der Waals surface area contributed by atoms with Crippen LogP contribution >= 0.6 is 0 Å². The summed E-state index contributed by atoms with van der Waals surface area (Å²) in [7, 11) is 0. The maximum Gasteiger partial charge on any atom is 0.199 e. The molecule has 0 atom stereocenters. The van der Waals surface area contributed by atoms with Gasteiger partial charge in [-0.15, -0.1) is 0 Å². The second-order valence-corrected chi connectivity index (χ2v) is 6.20. The van der Waals surface area contributed by atoms with Gasteiger partial charge in [0.2, 0.25) is 0 Å². The lowest BCUT2D eigenvalue weighted by atomic mass is 9.97. The summed E-state index contributed by atoms with van der Waals surface area (Å²) in [6, 6.07) is 14.0. The highest BCUT2D eigenvalue weighted by Crippen LogP contribution is 2.25. The topological polar surface area (TPSA) is 17.1 Å². The van der Waals surface area contributed by atoms with Crippen LogP contribution in [0.25, 0.3) is 11.1 Å². The largest absolute Gasteiger partial charge is 0.288 e. The number of ketones is 1. The molecule has 0 saturated carbocycles. The molecular weight excluding hydrogens is 356 g/mol. The molecule has 0 radical (unpaired) electrons. The number of hydrogen-bond acceptors (Lipinski definition) is 1. The lowest BCUT2D eigenvalue weighted by Gasteiger charge is -2.08. The van der Waals surface area contributed by atoms with Gasteiger partial charge < -0.3 is 0 Å². The second-order valence-electron chi connectivity index (χ2n) is 6.20. The predicted molar refractivity (Wildman–Crippen MR) is 95.6 cm³/mol. The normalized spacial score (nSPS) is 10.9. The van der Waals surface area contributed by atoms with E-state index in [1.54, 1.807) is 12.1 Å². The Morgan fingerprint density at radius 2 is 1.26 bits per heavy atom. The molecule has 1 nitrogen and oxygen atoms in total. The highest BCUT2D eigenvalue weighted by Gasteiger charge is 2.25. The quantitative estimate of drug-likeness (QED) is 0.301. The highest BCUT2D eigenvalue weighted by molar-refractivity contribution is 6.09. The lowest BCUT2D eigenvalue weighted by Crippen LogP contribution is -2.11. The molecule has 0 amide bonds. The first-order valence-corrected chi connectivity index (χ1v) is 8.49. The van der Waals surface area contributed by atoms with Gasteiger partial charge in [0.15, 0.2) is 29.1 Å². The molecule has 27 heavy (non-hydrogen) atoms. The van der Waals surface area contributed by atoms with Gasteiger partial charge in [0.25, 0.3) is 0 Å². The summed E-state index contributed by atoms with van der Waals surface area (Å²) in [5, 5.41) is 0. The monoisotopic (exact) mass is 372 g/mol. The van der Waals surface area contributed by atoms with Crippen molar-refractivity contribution in [2.75, 3.05) is 0 Å². The Balaban J connectivity index is 1.91. The Morgan fingerprint density at radius 1 is 0.778 bits per heavy atom. The van der Waals surface area contributed by atoms with Crippen LogP contribution in [0.15, 0.2) is 54.6 Å². The van der Waals surface area contributed by atoms with E-state index in [0.717, 1.165) is 24.0 Å². The van der Waals surface area contributed by atoms with Crippen LogP contribution in [-0.4, -0.2) is 5.78 Å². The zero-order chi connectivity index (χ0) is 19.6. The Morgan fingerprint density at radius 3 is 1.74 bits per heavy atom. The molecule has 138 valence electrons. The Kier molecular flexibility index (Phi) is 5.40. The van der Waals surface area contributed by atoms with Crippen molar-refractivity contribution in [2.24, 2.45) is 0 Å². The molecule has 0 heterocycles. The summed E-state index contributed by atoms with van der Waals surface area (Å²) in [5.74, 6) is -7.74. The van der Waals surface area contributed by atoms with Crippen LogP contribution in [0.4, 0.5) is 17.6 Å². The van der Waals surface area contributed by atoms with E-state index in [2.05, 4.69) is 6.92 Å². The fraction of sp³-hybridized carbons (Fsp3) is 0.136. The van der Waals surface area contributed by atoms with Crippen molar-refractivity contribution >= 4 is 5.78 Å². The highest BCUT2D eigenvalue weighted by atomic mass is 19.2. The minimum atomic E-state index is -1.70. The molecule has 0 aromatic heterocycles. The smallest absolute Gasteiger partial charge is 0.199 e. The molecule has 3 rings (SSSR count). The number of halogens is 4. The van der Waals surface area contributed by atoms with Gasteiger partial charge >= 0.3 is 0 Å². The zero-order valence-electron chi connectivity index (χ0n) is 14.5. The number of rotatable bonds is 5. The van der Waals surface area contributed by atoms with Crippen molar-refractivity contribution in [2.45, 2.75) is 19.8 Å². The fourth-order valence-corrected chi connectivity index (χ4v) is 2.88. The SMILES string of the molecule is CCCc1ccc(-c2ccc(C(=O)c3c(F)c(F)cc(F)c3F)cc2)cc1. The van der Waals surface area contributed by atoms with Crippen LogP contribution < -0.4 is 0 Å². The maximum atomic E-state index is 13.8. The summed E-state index contributed by atoms with van der Waals surface area (Å²) < 4.78 is 54.3. The fourth-order valence-electron chi connectivity index (χ4n) is 2.88. The molecule has 0 aliphatic rings. The van der Waals surface area contributed by atoms with E-state index in [-0.39, 0.29) is 11.6 Å². The molecule has 0 aliphatic heterocycles. The van der Waals surface area contributed by atoms with Crippen LogP contribution in [0.5, 0.6) is 0 Å². The van der Waals surface area contributed by atoms with Gasteiger partial charge in [-0.05, 0) is 23.1 Å². The third-order valence-electron chi connectivity index (χ3n) is 4.31. The molecule has 3 aromatic rings. The van der Waals surface area contributed by atoms with Crippen molar-refractivity contribution in [1.29, 1.82) is 0 Å². The van der Waals surface area contributed by atoms with E-state index in [1.165, 1.54) is 17.7 Å². The summed E-state index contributed by atoms with van der Waals surface area (Å²) in [6.45, 7) is 2.10. The van der Waals surface area contributed by atoms with Gasteiger partial charge in [0.1, 0.15) is 5.56 Å². The third kappa shape index (κ3) is 3.77. The summed E-state index contributed by atoms with van der Waals surface area (Å²) in [4.78, 5) is 12.3. The number of carbonyl (C=O) groups is 1. The summed E-state index contributed by atoms with van der Waals surface area (Å²) in [5.41, 5.74) is 1.64. The van der Waals surface area contributed by atoms with Crippen molar-refractivity contribution in [3.05, 3.63) is 94.6 Å². The van der Waals surface area contributed by atoms with E-state index in [4.69, 9.17) is 0 Å². The minimum Gasteiger partial charge on any atom is -0.288 e. The van der Waals surface area contributed by atoms with Crippen molar-refractivity contribution < 1.29 is 22.4 Å². The second kappa shape index (κ2) is 7.74. The molecule has 0 unspecified atom stereocenters. The van der Waals surface area contributed by atoms with Crippen LogP contribution in [0.3, 0.4) is 0 Å². The molecule has 3 aromatic carbocycles.